The molecule has 2 N–H and O–H groups in total. The van der Waals surface area contributed by atoms with Gasteiger partial charge in [0.1, 0.15) is 5.82 Å². The Bertz CT molecular complexity index is 657. The molecule has 1 aliphatic carbocycles. The molecule has 1 aliphatic rings. The molecule has 23 heavy (non-hydrogen) atoms. The van der Waals surface area contributed by atoms with Gasteiger partial charge in [0.2, 0.25) is 5.95 Å². The lowest BCUT2D eigenvalue weighted by Gasteiger charge is -2.24. The summed E-state index contributed by atoms with van der Waals surface area (Å²) in [6, 6.07) is 0.542. The highest BCUT2D eigenvalue weighted by Gasteiger charge is 2.16. The summed E-state index contributed by atoms with van der Waals surface area (Å²) in [5.41, 5.74) is 3.14. The van der Waals surface area contributed by atoms with E-state index in [0.717, 1.165) is 22.8 Å². The zero-order valence-corrected chi connectivity index (χ0v) is 14.3. The topological polar surface area (TPSA) is 67.7 Å². The predicted octanol–water partition coefficient (Wildman–Crippen LogP) is 3.18. The van der Waals surface area contributed by atoms with E-state index in [1.165, 1.54) is 32.1 Å². The molecule has 2 aromatic heterocycles. The fourth-order valence-electron chi connectivity index (χ4n) is 3.02. The Hall–Kier alpha value is -2.11. The second-order valence-electron chi connectivity index (χ2n) is 6.47. The standard InChI is InChI=1S/C17H26N6/c1-12-13(2)20-17(18-9-15-10-23(3)11-19-15)22-16(12)21-14-7-5-4-6-8-14/h10-11,14H,4-9H2,1-3H3,(H2,18,20,21,22). The van der Waals surface area contributed by atoms with Gasteiger partial charge in [0.05, 0.1) is 18.6 Å². The van der Waals surface area contributed by atoms with Gasteiger partial charge < -0.3 is 15.2 Å². The van der Waals surface area contributed by atoms with Gasteiger partial charge in [-0.2, -0.15) is 4.98 Å². The first-order valence-electron chi connectivity index (χ1n) is 8.44. The molecule has 0 saturated heterocycles. The first kappa shape index (κ1) is 15.8. The lowest BCUT2D eigenvalue weighted by atomic mass is 9.95. The van der Waals surface area contributed by atoms with E-state index < -0.39 is 0 Å². The zero-order valence-electron chi connectivity index (χ0n) is 14.3. The fourth-order valence-corrected chi connectivity index (χ4v) is 3.02. The van der Waals surface area contributed by atoms with Crippen molar-refractivity contribution < 1.29 is 0 Å². The van der Waals surface area contributed by atoms with Crippen molar-refractivity contribution in [1.29, 1.82) is 0 Å². The van der Waals surface area contributed by atoms with Crippen LogP contribution in [0.25, 0.3) is 0 Å². The summed E-state index contributed by atoms with van der Waals surface area (Å²) in [5, 5.41) is 6.90. The minimum Gasteiger partial charge on any atom is -0.367 e. The number of nitrogens with zero attached hydrogens (tertiary/aromatic N) is 4. The summed E-state index contributed by atoms with van der Waals surface area (Å²) < 4.78 is 1.94. The van der Waals surface area contributed by atoms with Crippen molar-refractivity contribution in [2.24, 2.45) is 7.05 Å². The molecule has 1 saturated carbocycles. The molecule has 0 bridgehead atoms. The summed E-state index contributed by atoms with van der Waals surface area (Å²) in [5.74, 6) is 1.63. The van der Waals surface area contributed by atoms with E-state index in [9.17, 15) is 0 Å². The third kappa shape index (κ3) is 4.00. The van der Waals surface area contributed by atoms with E-state index in [1.54, 1.807) is 6.33 Å². The van der Waals surface area contributed by atoms with Crippen LogP contribution in [0.5, 0.6) is 0 Å². The fraction of sp³-hybridized carbons (Fsp3) is 0.588. The van der Waals surface area contributed by atoms with E-state index in [4.69, 9.17) is 0 Å². The van der Waals surface area contributed by atoms with Crippen molar-refractivity contribution in [1.82, 2.24) is 19.5 Å². The molecule has 2 heterocycles. The van der Waals surface area contributed by atoms with Crippen LogP contribution in [-0.4, -0.2) is 25.6 Å². The Balaban J connectivity index is 1.70. The number of hydrogen-bond donors (Lipinski definition) is 2. The molecule has 6 heteroatoms. The molecule has 124 valence electrons. The smallest absolute Gasteiger partial charge is 0.225 e. The van der Waals surface area contributed by atoms with E-state index in [2.05, 4.69) is 32.5 Å². The largest absolute Gasteiger partial charge is 0.367 e. The normalized spacial score (nSPS) is 15.6. The Morgan fingerprint density at radius 1 is 1.17 bits per heavy atom. The molecule has 0 aliphatic heterocycles. The second-order valence-corrected chi connectivity index (χ2v) is 6.47. The average Bonchev–Trinajstić information content (AvgIpc) is 2.96. The molecule has 6 nitrogen and oxygen atoms in total. The molecule has 2 aromatic rings. The van der Waals surface area contributed by atoms with Crippen molar-refractivity contribution in [2.45, 2.75) is 58.5 Å². The summed E-state index contributed by atoms with van der Waals surface area (Å²) in [6.07, 6.45) is 10.2. The molecule has 1 fully saturated rings. The van der Waals surface area contributed by atoms with Crippen molar-refractivity contribution in [3.8, 4) is 0 Å². The van der Waals surface area contributed by atoms with Crippen LogP contribution in [-0.2, 0) is 13.6 Å². The molecule has 0 amide bonds. The Labute approximate surface area is 137 Å². The van der Waals surface area contributed by atoms with Gasteiger partial charge in [-0.3, -0.25) is 0 Å². The van der Waals surface area contributed by atoms with Crippen LogP contribution in [0.2, 0.25) is 0 Å². The Morgan fingerprint density at radius 3 is 2.65 bits per heavy atom. The van der Waals surface area contributed by atoms with Gasteiger partial charge in [0, 0.05) is 30.5 Å². The molecule has 0 spiro atoms. The highest BCUT2D eigenvalue weighted by Crippen LogP contribution is 2.24. The third-order valence-electron chi connectivity index (χ3n) is 4.52. The minimum atomic E-state index is 0.542. The van der Waals surface area contributed by atoms with Crippen LogP contribution in [0.1, 0.15) is 49.1 Å². The van der Waals surface area contributed by atoms with Crippen LogP contribution >= 0.6 is 0 Å². The zero-order chi connectivity index (χ0) is 16.2. The molecule has 0 radical (unpaired) electrons. The van der Waals surface area contributed by atoms with Gasteiger partial charge >= 0.3 is 0 Å². The van der Waals surface area contributed by atoms with Gasteiger partial charge in [-0.1, -0.05) is 19.3 Å². The van der Waals surface area contributed by atoms with Crippen LogP contribution in [0, 0.1) is 13.8 Å². The summed E-state index contributed by atoms with van der Waals surface area (Å²) in [7, 11) is 1.97. The van der Waals surface area contributed by atoms with Gasteiger partial charge in [0.15, 0.2) is 0 Å². The maximum Gasteiger partial charge on any atom is 0.225 e. The van der Waals surface area contributed by atoms with Crippen LogP contribution in [0.4, 0.5) is 11.8 Å². The third-order valence-corrected chi connectivity index (χ3v) is 4.52. The second kappa shape index (κ2) is 6.98. The predicted molar refractivity (Wildman–Crippen MR) is 92.5 cm³/mol. The van der Waals surface area contributed by atoms with Gasteiger partial charge in [-0.05, 0) is 26.7 Å². The van der Waals surface area contributed by atoms with Crippen molar-refractivity contribution in [3.05, 3.63) is 29.5 Å². The van der Waals surface area contributed by atoms with Crippen LogP contribution < -0.4 is 10.6 Å². The highest BCUT2D eigenvalue weighted by atomic mass is 15.2. The number of hydrogen-bond acceptors (Lipinski definition) is 5. The number of aromatic nitrogens is 4. The maximum absolute atomic E-state index is 4.68. The van der Waals surface area contributed by atoms with E-state index >= 15 is 0 Å². The van der Waals surface area contributed by atoms with E-state index in [-0.39, 0.29) is 0 Å². The SMILES string of the molecule is Cc1nc(NCc2cn(C)cn2)nc(NC2CCCCC2)c1C. The number of rotatable bonds is 5. The number of aryl methyl sites for hydroxylation is 2. The van der Waals surface area contributed by atoms with Gasteiger partial charge in [-0.25, -0.2) is 9.97 Å². The first-order chi connectivity index (χ1) is 11.1. The van der Waals surface area contributed by atoms with Crippen molar-refractivity contribution in [2.75, 3.05) is 10.6 Å². The Kier molecular flexibility index (Phi) is 4.79. The van der Waals surface area contributed by atoms with E-state index in [0.29, 0.717) is 18.5 Å². The maximum atomic E-state index is 4.68. The molecule has 0 aromatic carbocycles. The monoisotopic (exact) mass is 314 g/mol. The molecular weight excluding hydrogens is 288 g/mol. The highest BCUT2D eigenvalue weighted by molar-refractivity contribution is 5.50. The molecular formula is C17H26N6. The quantitative estimate of drug-likeness (QED) is 0.887. The molecule has 3 rings (SSSR count). The number of anilines is 2. The molecule has 0 atom stereocenters. The first-order valence-corrected chi connectivity index (χ1v) is 8.44. The van der Waals surface area contributed by atoms with Crippen molar-refractivity contribution in [3.63, 3.8) is 0 Å². The number of imidazole rings is 1. The number of nitrogens with one attached hydrogen (secondary N) is 2. The minimum absolute atomic E-state index is 0.542. The van der Waals surface area contributed by atoms with Crippen LogP contribution in [0.15, 0.2) is 12.5 Å². The summed E-state index contributed by atoms with van der Waals surface area (Å²) in [6.45, 7) is 4.75. The van der Waals surface area contributed by atoms with Gasteiger partial charge in [0.25, 0.3) is 0 Å². The van der Waals surface area contributed by atoms with Crippen LogP contribution in [0.3, 0.4) is 0 Å². The Morgan fingerprint density at radius 2 is 1.96 bits per heavy atom. The van der Waals surface area contributed by atoms with E-state index in [1.807, 2.05) is 24.7 Å². The molecule has 0 unspecified atom stereocenters. The summed E-state index contributed by atoms with van der Waals surface area (Å²) in [4.78, 5) is 13.5. The van der Waals surface area contributed by atoms with Gasteiger partial charge in [-0.15, -0.1) is 0 Å². The summed E-state index contributed by atoms with van der Waals surface area (Å²) >= 11 is 0. The van der Waals surface area contributed by atoms with Crippen molar-refractivity contribution >= 4 is 11.8 Å². The lowest BCUT2D eigenvalue weighted by Crippen LogP contribution is -2.24. The average molecular weight is 314 g/mol. The lowest BCUT2D eigenvalue weighted by molar-refractivity contribution is 0.461.